The third kappa shape index (κ3) is 3.75. The average Bonchev–Trinajstić information content (AvgIpc) is 3.04. The molecule has 0 unspecified atom stereocenters. The van der Waals surface area contributed by atoms with Crippen molar-refractivity contribution in [1.29, 1.82) is 0 Å². The number of allylic oxidation sites excluding steroid dienone is 1. The van der Waals surface area contributed by atoms with Crippen molar-refractivity contribution in [2.45, 2.75) is 38.8 Å². The Morgan fingerprint density at radius 1 is 1.07 bits per heavy atom. The summed E-state index contributed by atoms with van der Waals surface area (Å²) in [6.07, 6.45) is 3.74. The summed E-state index contributed by atoms with van der Waals surface area (Å²) < 4.78 is 39.4. The maximum absolute atomic E-state index is 13.0. The van der Waals surface area contributed by atoms with Gasteiger partial charge >= 0.3 is 5.97 Å². The summed E-state index contributed by atoms with van der Waals surface area (Å²) in [6.45, 7) is 4.89. The number of carbonyl (C=O) groups is 1. The standard InChI is InChI=1S/C21H34O8/c1-20(2)9-14(28-11-23-3)17(29-12-24-4)21-10-27-18(22)16(21)13(7-8-15(20)21)19(25-5)26-6/h7-8,13-17,19H,9-12H2,1-6H3/t13-,14-,15-,16+,17-,21-/m0/s1. The molecule has 0 amide bonds. The van der Waals surface area contributed by atoms with E-state index < -0.39 is 23.7 Å². The van der Waals surface area contributed by atoms with E-state index in [1.807, 2.05) is 6.08 Å². The van der Waals surface area contributed by atoms with Gasteiger partial charge in [-0.05, 0) is 17.8 Å². The lowest BCUT2D eigenvalue weighted by Crippen LogP contribution is -2.65. The highest BCUT2D eigenvalue weighted by atomic mass is 16.7. The van der Waals surface area contributed by atoms with E-state index in [9.17, 15) is 4.79 Å². The lowest BCUT2D eigenvalue weighted by atomic mass is 9.47. The minimum atomic E-state index is -0.621. The van der Waals surface area contributed by atoms with Crippen LogP contribution in [0.1, 0.15) is 20.3 Å². The van der Waals surface area contributed by atoms with Crippen molar-refractivity contribution >= 4 is 5.97 Å². The molecule has 0 radical (unpaired) electrons. The maximum Gasteiger partial charge on any atom is 0.310 e. The molecule has 3 aliphatic rings. The molecule has 1 saturated carbocycles. The molecule has 1 heterocycles. The molecular formula is C21H34O8. The fourth-order valence-electron chi connectivity index (χ4n) is 5.81. The topological polar surface area (TPSA) is 81.7 Å². The van der Waals surface area contributed by atoms with Gasteiger partial charge < -0.3 is 33.2 Å². The Hall–Kier alpha value is -1.03. The summed E-state index contributed by atoms with van der Waals surface area (Å²) in [5.74, 6) is -0.960. The molecule has 1 aliphatic heterocycles. The normalized spacial score (nSPS) is 38.0. The number of esters is 1. The molecule has 6 atom stereocenters. The molecule has 0 N–H and O–H groups in total. The van der Waals surface area contributed by atoms with Gasteiger partial charge in [-0.25, -0.2) is 0 Å². The van der Waals surface area contributed by atoms with Crippen molar-refractivity contribution in [3.05, 3.63) is 12.2 Å². The van der Waals surface area contributed by atoms with Crippen LogP contribution < -0.4 is 0 Å². The summed E-state index contributed by atoms with van der Waals surface area (Å²) in [5, 5.41) is 0. The van der Waals surface area contributed by atoms with Gasteiger partial charge in [-0.15, -0.1) is 0 Å². The maximum atomic E-state index is 13.0. The predicted octanol–water partition coefficient (Wildman–Crippen LogP) is 1.98. The number of hydrogen-bond donors (Lipinski definition) is 0. The van der Waals surface area contributed by atoms with Crippen LogP contribution in [-0.2, 0) is 38.0 Å². The summed E-state index contributed by atoms with van der Waals surface area (Å²) in [4.78, 5) is 13.0. The molecule has 0 aromatic carbocycles. The average molecular weight is 414 g/mol. The van der Waals surface area contributed by atoms with E-state index in [-0.39, 0.29) is 49.5 Å². The Kier molecular flexibility index (Phi) is 7.03. The molecule has 3 rings (SSSR count). The van der Waals surface area contributed by atoms with Crippen LogP contribution >= 0.6 is 0 Å². The van der Waals surface area contributed by atoms with E-state index in [4.69, 9.17) is 33.2 Å². The highest BCUT2D eigenvalue weighted by molar-refractivity contribution is 5.77. The molecular weight excluding hydrogens is 380 g/mol. The van der Waals surface area contributed by atoms with Gasteiger partial charge in [0, 0.05) is 34.4 Å². The second-order valence-corrected chi connectivity index (χ2v) is 8.78. The lowest BCUT2D eigenvalue weighted by molar-refractivity contribution is -0.256. The molecule has 166 valence electrons. The smallest absolute Gasteiger partial charge is 0.310 e. The zero-order valence-electron chi connectivity index (χ0n) is 18.2. The number of ether oxygens (including phenoxy) is 7. The van der Waals surface area contributed by atoms with Crippen LogP contribution in [0.5, 0.6) is 0 Å². The van der Waals surface area contributed by atoms with Crippen molar-refractivity contribution in [2.24, 2.45) is 28.6 Å². The molecule has 2 aliphatic carbocycles. The monoisotopic (exact) mass is 414 g/mol. The Labute approximate surface area is 172 Å². The minimum absolute atomic E-state index is 0.0568. The first-order chi connectivity index (χ1) is 13.9. The number of methoxy groups -OCH3 is 4. The quantitative estimate of drug-likeness (QED) is 0.322. The van der Waals surface area contributed by atoms with Crippen LogP contribution in [0.2, 0.25) is 0 Å². The minimum Gasteiger partial charge on any atom is -0.465 e. The Bertz CT molecular complexity index is 601. The highest BCUT2D eigenvalue weighted by Gasteiger charge is 2.70. The first-order valence-electron chi connectivity index (χ1n) is 9.99. The highest BCUT2D eigenvalue weighted by Crippen LogP contribution is 2.63. The molecule has 8 nitrogen and oxygen atoms in total. The van der Waals surface area contributed by atoms with E-state index in [1.165, 1.54) is 0 Å². The lowest BCUT2D eigenvalue weighted by Gasteiger charge is -2.59. The summed E-state index contributed by atoms with van der Waals surface area (Å²) >= 11 is 0. The number of carbonyl (C=O) groups excluding carboxylic acids is 1. The van der Waals surface area contributed by atoms with Crippen LogP contribution in [0, 0.1) is 28.6 Å². The van der Waals surface area contributed by atoms with Gasteiger partial charge in [0.25, 0.3) is 0 Å². The van der Waals surface area contributed by atoms with E-state index in [0.717, 1.165) is 6.42 Å². The summed E-state index contributed by atoms with van der Waals surface area (Å²) in [7, 11) is 6.33. The SMILES string of the molecule is COCO[C@H]1CC(C)(C)[C@@H]2C=C[C@H](C(OC)OC)[C@@H]3C(=O)OC[C@@]32[C@H]1OCOC. The Morgan fingerprint density at radius 2 is 1.72 bits per heavy atom. The molecule has 0 aromatic heterocycles. The first kappa shape index (κ1) is 22.7. The fourth-order valence-corrected chi connectivity index (χ4v) is 5.81. The van der Waals surface area contributed by atoms with Crippen LogP contribution in [-0.4, -0.2) is 73.1 Å². The third-order valence-electron chi connectivity index (χ3n) is 6.77. The summed E-state index contributed by atoms with van der Waals surface area (Å²) in [6, 6.07) is 0. The molecule has 0 bridgehead atoms. The zero-order valence-corrected chi connectivity index (χ0v) is 18.2. The Morgan fingerprint density at radius 3 is 2.34 bits per heavy atom. The van der Waals surface area contributed by atoms with E-state index in [0.29, 0.717) is 0 Å². The molecule has 1 saturated heterocycles. The van der Waals surface area contributed by atoms with Crippen LogP contribution in [0.3, 0.4) is 0 Å². The van der Waals surface area contributed by atoms with Crippen molar-refractivity contribution in [3.8, 4) is 0 Å². The first-order valence-corrected chi connectivity index (χ1v) is 9.99. The van der Waals surface area contributed by atoms with E-state index >= 15 is 0 Å². The van der Waals surface area contributed by atoms with Crippen molar-refractivity contribution in [1.82, 2.24) is 0 Å². The van der Waals surface area contributed by atoms with Crippen LogP contribution in [0.15, 0.2) is 12.2 Å². The van der Waals surface area contributed by atoms with Crippen LogP contribution in [0.4, 0.5) is 0 Å². The Balaban J connectivity index is 2.10. The van der Waals surface area contributed by atoms with Crippen molar-refractivity contribution in [2.75, 3.05) is 48.6 Å². The van der Waals surface area contributed by atoms with E-state index in [1.54, 1.807) is 28.4 Å². The van der Waals surface area contributed by atoms with Gasteiger partial charge in [-0.1, -0.05) is 26.0 Å². The third-order valence-corrected chi connectivity index (χ3v) is 6.77. The number of hydrogen-bond acceptors (Lipinski definition) is 8. The predicted molar refractivity (Wildman–Crippen MR) is 103 cm³/mol. The van der Waals surface area contributed by atoms with E-state index in [2.05, 4.69) is 19.9 Å². The van der Waals surface area contributed by atoms with Crippen molar-refractivity contribution < 1.29 is 38.0 Å². The zero-order chi connectivity index (χ0) is 21.2. The van der Waals surface area contributed by atoms with Gasteiger partial charge in [-0.2, -0.15) is 0 Å². The van der Waals surface area contributed by atoms with Gasteiger partial charge in [0.15, 0.2) is 6.29 Å². The van der Waals surface area contributed by atoms with Gasteiger partial charge in [-0.3, -0.25) is 4.79 Å². The van der Waals surface area contributed by atoms with Gasteiger partial charge in [0.05, 0.1) is 23.5 Å². The number of rotatable bonds is 9. The second-order valence-electron chi connectivity index (χ2n) is 8.78. The van der Waals surface area contributed by atoms with Crippen LogP contribution in [0.25, 0.3) is 0 Å². The largest absolute Gasteiger partial charge is 0.465 e. The number of cyclic esters (lactones) is 1. The van der Waals surface area contributed by atoms with Gasteiger partial charge in [0.2, 0.25) is 0 Å². The fraction of sp³-hybridized carbons (Fsp3) is 0.857. The second kappa shape index (κ2) is 8.99. The molecule has 1 spiro atoms. The van der Waals surface area contributed by atoms with Crippen molar-refractivity contribution in [3.63, 3.8) is 0 Å². The molecule has 8 heteroatoms. The van der Waals surface area contributed by atoms with Gasteiger partial charge in [0.1, 0.15) is 20.2 Å². The molecule has 2 fully saturated rings. The molecule has 29 heavy (non-hydrogen) atoms. The molecule has 0 aromatic rings. The summed E-state index contributed by atoms with van der Waals surface area (Å²) in [5.41, 5.74) is -0.765.